The third-order valence-corrected chi connectivity index (χ3v) is 4.91. The van der Waals surface area contributed by atoms with Crippen LogP contribution in [-0.4, -0.2) is 31.6 Å². The van der Waals surface area contributed by atoms with E-state index in [1.54, 1.807) is 19.4 Å². The smallest absolute Gasteiger partial charge is 0.306 e. The molecule has 146 valence electrons. The lowest BCUT2D eigenvalue weighted by molar-refractivity contribution is 0.398. The van der Waals surface area contributed by atoms with Gasteiger partial charge in [-0.3, -0.25) is 4.57 Å². The van der Waals surface area contributed by atoms with Gasteiger partial charge in [0.15, 0.2) is 0 Å². The van der Waals surface area contributed by atoms with Crippen LogP contribution in [0.3, 0.4) is 0 Å². The van der Waals surface area contributed by atoms with E-state index in [4.69, 9.17) is 9.15 Å². The average molecular weight is 388 g/mol. The molecule has 0 unspecified atom stereocenters. The van der Waals surface area contributed by atoms with Gasteiger partial charge in [-0.05, 0) is 45.4 Å². The third-order valence-electron chi connectivity index (χ3n) is 4.91. The first-order chi connectivity index (χ1) is 13.9. The molecule has 8 nitrogen and oxygen atoms in total. The van der Waals surface area contributed by atoms with E-state index in [9.17, 15) is 5.26 Å². The van der Waals surface area contributed by atoms with Gasteiger partial charge in [-0.15, -0.1) is 0 Å². The van der Waals surface area contributed by atoms with Crippen molar-refractivity contribution in [3.8, 4) is 18.0 Å². The fraction of sp³-hybridized carbons (Fsp3) is 0.238. The number of rotatable bonds is 4. The van der Waals surface area contributed by atoms with Gasteiger partial charge in [0.2, 0.25) is 5.88 Å². The Hall–Kier alpha value is -3.86. The molecule has 1 N–H and O–H groups in total. The molecule has 0 amide bonds. The van der Waals surface area contributed by atoms with Crippen LogP contribution >= 0.6 is 0 Å². The number of nitriles is 1. The molecule has 4 aromatic heterocycles. The number of hydrogen-bond donors (Lipinski definition) is 1. The Bertz CT molecular complexity index is 1280. The van der Waals surface area contributed by atoms with E-state index in [2.05, 4.69) is 26.0 Å². The Morgan fingerprint density at radius 2 is 2.03 bits per heavy atom. The fourth-order valence-electron chi connectivity index (χ4n) is 3.22. The van der Waals surface area contributed by atoms with Gasteiger partial charge in [0.25, 0.3) is 0 Å². The zero-order chi connectivity index (χ0) is 20.7. The summed E-state index contributed by atoms with van der Waals surface area (Å²) in [4.78, 5) is 16.3. The van der Waals surface area contributed by atoms with Crippen LogP contribution in [-0.2, 0) is 0 Å². The van der Waals surface area contributed by atoms with Crippen LogP contribution < -0.4 is 4.74 Å². The zero-order valence-electron chi connectivity index (χ0n) is 16.9. The highest BCUT2D eigenvalue weighted by molar-refractivity contribution is 5.90. The highest BCUT2D eigenvalue weighted by Gasteiger charge is 2.16. The van der Waals surface area contributed by atoms with E-state index in [1.165, 1.54) is 0 Å². The minimum absolute atomic E-state index is 0.417. The molecule has 4 rings (SSSR count). The van der Waals surface area contributed by atoms with Gasteiger partial charge in [-0.1, -0.05) is 0 Å². The second-order valence-electron chi connectivity index (χ2n) is 6.80. The van der Waals surface area contributed by atoms with Crippen molar-refractivity contribution in [3.05, 3.63) is 52.6 Å². The Balaban J connectivity index is 1.78. The maximum atomic E-state index is 9.73. The summed E-state index contributed by atoms with van der Waals surface area (Å²) in [7, 11) is 1.55. The molecule has 0 aliphatic heterocycles. The molecular weight excluding hydrogens is 368 g/mol. The van der Waals surface area contributed by atoms with Crippen LogP contribution in [0.15, 0.2) is 22.7 Å². The van der Waals surface area contributed by atoms with Crippen molar-refractivity contribution in [3.63, 3.8) is 0 Å². The number of oxazole rings is 1. The van der Waals surface area contributed by atoms with Gasteiger partial charge in [0, 0.05) is 17.5 Å². The van der Waals surface area contributed by atoms with Crippen LogP contribution in [0.1, 0.15) is 34.2 Å². The van der Waals surface area contributed by atoms with Crippen LogP contribution in [0.4, 0.5) is 0 Å². The topological polar surface area (TPSA) is 106 Å². The fourth-order valence-corrected chi connectivity index (χ4v) is 3.22. The van der Waals surface area contributed by atoms with Crippen molar-refractivity contribution in [2.24, 2.45) is 0 Å². The van der Waals surface area contributed by atoms with E-state index < -0.39 is 0 Å². The zero-order valence-corrected chi connectivity index (χ0v) is 16.9. The van der Waals surface area contributed by atoms with Gasteiger partial charge < -0.3 is 14.1 Å². The normalized spacial score (nSPS) is 11.8. The highest BCUT2D eigenvalue weighted by Crippen LogP contribution is 2.26. The van der Waals surface area contributed by atoms with Crippen molar-refractivity contribution in [2.75, 3.05) is 7.11 Å². The molecule has 4 aromatic rings. The number of hydrogen-bond acceptors (Lipinski definition) is 6. The third kappa shape index (κ3) is 3.17. The number of aryl methyl sites for hydroxylation is 3. The van der Waals surface area contributed by atoms with Gasteiger partial charge >= 0.3 is 6.01 Å². The summed E-state index contributed by atoms with van der Waals surface area (Å²) in [5, 5.41) is 9.73. The van der Waals surface area contributed by atoms with E-state index in [0.29, 0.717) is 28.8 Å². The summed E-state index contributed by atoms with van der Waals surface area (Å²) >= 11 is 0. The standard InChI is InChI=1S/C21H20N6O2/c1-11-6-15(13(3)27(11)21-24-12(2)14(4)29-21)7-16(9-22)20-25-17-8-19(28-5)23-10-18(17)26-20/h6-8,10H,1-5H3,(H,25,26)/b16-7+. The number of aromatic nitrogens is 5. The first-order valence-electron chi connectivity index (χ1n) is 9.06. The Kier molecular flexibility index (Phi) is 4.43. The molecule has 0 fully saturated rings. The summed E-state index contributed by atoms with van der Waals surface area (Å²) in [5.74, 6) is 1.73. The van der Waals surface area contributed by atoms with E-state index in [-0.39, 0.29) is 0 Å². The minimum Gasteiger partial charge on any atom is -0.481 e. The molecule has 0 aliphatic rings. The van der Waals surface area contributed by atoms with Crippen LogP contribution in [0.2, 0.25) is 0 Å². The summed E-state index contributed by atoms with van der Waals surface area (Å²) < 4.78 is 12.9. The molecule has 8 heteroatoms. The Morgan fingerprint density at radius 3 is 2.69 bits per heavy atom. The van der Waals surface area contributed by atoms with Crippen LogP contribution in [0, 0.1) is 39.0 Å². The molecule has 0 aromatic carbocycles. The molecule has 29 heavy (non-hydrogen) atoms. The van der Waals surface area contributed by atoms with E-state index in [0.717, 1.165) is 33.9 Å². The summed E-state index contributed by atoms with van der Waals surface area (Å²) in [6.07, 6.45) is 3.45. The SMILES string of the molecule is COc1cc2nc(/C(C#N)=C/c3cc(C)n(-c4nc(C)c(C)o4)c3C)[nH]c2cn1. The first-order valence-corrected chi connectivity index (χ1v) is 9.06. The molecule has 0 saturated carbocycles. The lowest BCUT2D eigenvalue weighted by Crippen LogP contribution is -1.99. The molecule has 0 spiro atoms. The lowest BCUT2D eigenvalue weighted by atomic mass is 10.1. The number of aromatic amines is 1. The molecular formula is C21H20N6O2. The van der Waals surface area contributed by atoms with Crippen molar-refractivity contribution >= 4 is 22.7 Å². The largest absolute Gasteiger partial charge is 0.481 e. The molecule has 0 atom stereocenters. The lowest BCUT2D eigenvalue weighted by Gasteiger charge is -2.03. The van der Waals surface area contributed by atoms with Gasteiger partial charge in [-0.2, -0.15) is 10.2 Å². The maximum Gasteiger partial charge on any atom is 0.306 e. The number of H-pyrrole nitrogens is 1. The predicted molar refractivity (Wildman–Crippen MR) is 109 cm³/mol. The van der Waals surface area contributed by atoms with Crippen LogP contribution in [0.5, 0.6) is 5.88 Å². The summed E-state index contributed by atoms with van der Waals surface area (Å²) in [5.41, 5.74) is 5.47. The first kappa shape index (κ1) is 18.5. The number of ether oxygens (including phenoxy) is 1. The minimum atomic E-state index is 0.417. The molecule has 4 heterocycles. The van der Waals surface area contributed by atoms with Gasteiger partial charge in [0.1, 0.15) is 17.7 Å². The van der Waals surface area contributed by atoms with Crippen molar-refractivity contribution in [1.29, 1.82) is 5.26 Å². The number of imidazole rings is 1. The Labute approximate surface area is 167 Å². The van der Waals surface area contributed by atoms with Crippen molar-refractivity contribution < 1.29 is 9.15 Å². The molecule has 0 radical (unpaired) electrons. The number of pyridine rings is 1. The second kappa shape index (κ2) is 6.95. The summed E-state index contributed by atoms with van der Waals surface area (Å²) in [6, 6.07) is 6.48. The number of nitrogens with one attached hydrogen (secondary N) is 1. The van der Waals surface area contributed by atoms with Crippen molar-refractivity contribution in [2.45, 2.75) is 27.7 Å². The number of nitrogens with zero attached hydrogens (tertiary/aromatic N) is 5. The van der Waals surface area contributed by atoms with Crippen LogP contribution in [0.25, 0.3) is 28.7 Å². The van der Waals surface area contributed by atoms with Crippen molar-refractivity contribution in [1.82, 2.24) is 24.5 Å². The van der Waals surface area contributed by atoms with Gasteiger partial charge in [-0.25, -0.2) is 9.97 Å². The van der Waals surface area contributed by atoms with Gasteiger partial charge in [0.05, 0.1) is 35.6 Å². The highest BCUT2D eigenvalue weighted by atomic mass is 16.5. The Morgan fingerprint density at radius 1 is 1.24 bits per heavy atom. The maximum absolute atomic E-state index is 9.73. The van der Waals surface area contributed by atoms with E-state index >= 15 is 0 Å². The number of methoxy groups -OCH3 is 1. The van der Waals surface area contributed by atoms with E-state index in [1.807, 2.05) is 44.4 Å². The molecule has 0 saturated heterocycles. The number of allylic oxidation sites excluding steroid dienone is 1. The second-order valence-corrected chi connectivity index (χ2v) is 6.80. The summed E-state index contributed by atoms with van der Waals surface area (Å²) in [6.45, 7) is 7.75. The molecule has 0 aliphatic carbocycles. The quantitative estimate of drug-likeness (QED) is 0.529. The molecule has 0 bridgehead atoms. The average Bonchev–Trinajstić information content (AvgIpc) is 3.34. The predicted octanol–water partition coefficient (Wildman–Crippen LogP) is 4.04. The monoisotopic (exact) mass is 388 g/mol. The number of fused-ring (bicyclic) bond motifs is 1.